The van der Waals surface area contributed by atoms with Crippen LogP contribution in [0.5, 0.6) is 0 Å². The molecule has 0 radical (unpaired) electrons. The zero-order chi connectivity index (χ0) is 19.9. The second-order valence-electron chi connectivity index (χ2n) is 7.50. The Morgan fingerprint density at radius 2 is 2.08 bits per heavy atom. The van der Waals surface area contributed by atoms with Gasteiger partial charge in [-0.25, -0.2) is 0 Å². The van der Waals surface area contributed by atoms with Crippen LogP contribution in [0.1, 0.15) is 46.5 Å². The minimum atomic E-state index is -1.37. The summed E-state index contributed by atoms with van der Waals surface area (Å²) in [6.07, 6.45) is 3.93. The first-order valence-electron chi connectivity index (χ1n) is 9.43. The van der Waals surface area contributed by atoms with Crippen molar-refractivity contribution >= 4 is 26.7 Å². The molecular weight excluding hydrogens is 350 g/mol. The number of unbranched alkanes of at least 4 members (excludes halogenated alkanes) is 1. The molecule has 1 N–H and O–H groups in total. The summed E-state index contributed by atoms with van der Waals surface area (Å²) in [5.74, 6) is -1.70. The highest BCUT2D eigenvalue weighted by Crippen LogP contribution is 2.38. The number of esters is 1. The van der Waals surface area contributed by atoms with E-state index in [-0.39, 0.29) is 36.7 Å². The fraction of sp³-hybridized carbons (Fsp3) is 0.737. The van der Waals surface area contributed by atoms with Gasteiger partial charge in [-0.15, -0.1) is 0 Å². The normalized spacial score (nSPS) is 22.8. The maximum absolute atomic E-state index is 12.5. The van der Waals surface area contributed by atoms with Crippen molar-refractivity contribution in [3.8, 4) is 0 Å². The molecule has 148 valence electrons. The molecule has 0 aromatic carbocycles. The third-order valence-corrected chi connectivity index (χ3v) is 5.88. The van der Waals surface area contributed by atoms with Crippen molar-refractivity contribution in [3.05, 3.63) is 12.7 Å². The maximum Gasteiger partial charge on any atom is 0.313 e. The predicted octanol–water partition coefficient (Wildman–Crippen LogP) is 2.37. The standard InChI is InChI=1S/C19H33NO5Si/c1-7-9-10-19(4,25-26(5)6)16-17(20-18(16)23)13(3)14(21)12-15(22)24-11-8-2/h8,13,16-17,26H,2,7,9-12H2,1,3-6H3,(H,20,23)/t13-,16+,17+,19+/m0/s1. The molecule has 26 heavy (non-hydrogen) atoms. The topological polar surface area (TPSA) is 81.7 Å². The van der Waals surface area contributed by atoms with Crippen molar-refractivity contribution < 1.29 is 23.5 Å². The van der Waals surface area contributed by atoms with Gasteiger partial charge in [0.15, 0.2) is 9.04 Å². The smallest absolute Gasteiger partial charge is 0.313 e. The fourth-order valence-electron chi connectivity index (χ4n) is 3.54. The van der Waals surface area contributed by atoms with Gasteiger partial charge in [-0.1, -0.05) is 39.3 Å². The number of ketones is 1. The van der Waals surface area contributed by atoms with Gasteiger partial charge in [0, 0.05) is 5.92 Å². The van der Waals surface area contributed by atoms with Crippen LogP contribution < -0.4 is 5.32 Å². The zero-order valence-electron chi connectivity index (χ0n) is 16.7. The van der Waals surface area contributed by atoms with Crippen LogP contribution in [0.4, 0.5) is 0 Å². The van der Waals surface area contributed by atoms with Crippen LogP contribution in [-0.4, -0.2) is 44.9 Å². The fourth-order valence-corrected chi connectivity index (χ4v) is 4.88. The maximum atomic E-state index is 12.5. The molecule has 4 atom stereocenters. The second kappa shape index (κ2) is 10.0. The number of hydrogen-bond donors (Lipinski definition) is 1. The Balaban J connectivity index is 2.84. The molecule has 7 heteroatoms. The quantitative estimate of drug-likeness (QED) is 0.184. The first kappa shape index (κ1) is 22.6. The summed E-state index contributed by atoms with van der Waals surface area (Å²) in [4.78, 5) is 36.5. The number of β-lactam (4-membered cyclic amide) rings is 1. The average molecular weight is 384 g/mol. The number of nitrogens with one attached hydrogen (secondary N) is 1. The summed E-state index contributed by atoms with van der Waals surface area (Å²) in [5, 5.41) is 2.85. The van der Waals surface area contributed by atoms with E-state index in [1.807, 2.05) is 6.92 Å². The molecule has 0 bridgehead atoms. The highest BCUT2D eigenvalue weighted by molar-refractivity contribution is 6.48. The van der Waals surface area contributed by atoms with Gasteiger partial charge < -0.3 is 14.5 Å². The minimum absolute atomic E-state index is 0.0721. The van der Waals surface area contributed by atoms with E-state index in [0.717, 1.165) is 19.3 Å². The summed E-state index contributed by atoms with van der Waals surface area (Å²) in [6.45, 7) is 13.6. The predicted molar refractivity (Wildman–Crippen MR) is 103 cm³/mol. The van der Waals surface area contributed by atoms with Crippen molar-refractivity contribution in [2.24, 2.45) is 11.8 Å². The van der Waals surface area contributed by atoms with Gasteiger partial charge in [-0.3, -0.25) is 14.4 Å². The summed E-state index contributed by atoms with van der Waals surface area (Å²) < 4.78 is 11.2. The van der Waals surface area contributed by atoms with Crippen LogP contribution in [0.15, 0.2) is 12.7 Å². The van der Waals surface area contributed by atoms with Gasteiger partial charge in [0.1, 0.15) is 18.8 Å². The zero-order valence-corrected chi connectivity index (χ0v) is 17.8. The van der Waals surface area contributed by atoms with Crippen LogP contribution in [0.3, 0.4) is 0 Å². The molecule has 1 rings (SSSR count). The van der Waals surface area contributed by atoms with Gasteiger partial charge in [-0.05, 0) is 26.4 Å². The Labute approximate surface area is 158 Å². The van der Waals surface area contributed by atoms with E-state index >= 15 is 0 Å². The first-order chi connectivity index (χ1) is 12.2. The summed E-state index contributed by atoms with van der Waals surface area (Å²) in [5.41, 5.74) is -0.568. The Bertz CT molecular complexity index is 536. The van der Waals surface area contributed by atoms with E-state index in [9.17, 15) is 14.4 Å². The van der Waals surface area contributed by atoms with Crippen molar-refractivity contribution in [1.29, 1.82) is 0 Å². The van der Waals surface area contributed by atoms with Crippen molar-refractivity contribution in [1.82, 2.24) is 5.32 Å². The molecule has 0 unspecified atom stereocenters. The van der Waals surface area contributed by atoms with Crippen molar-refractivity contribution in [3.63, 3.8) is 0 Å². The van der Waals surface area contributed by atoms with E-state index < -0.39 is 26.5 Å². The van der Waals surface area contributed by atoms with Crippen LogP contribution in [0, 0.1) is 11.8 Å². The molecule has 1 heterocycles. The van der Waals surface area contributed by atoms with Gasteiger partial charge >= 0.3 is 5.97 Å². The number of amides is 1. The molecule has 1 saturated heterocycles. The van der Waals surface area contributed by atoms with E-state index in [1.165, 1.54) is 6.08 Å². The highest BCUT2D eigenvalue weighted by Gasteiger charge is 2.54. The number of hydrogen-bond acceptors (Lipinski definition) is 5. The Morgan fingerprint density at radius 1 is 1.42 bits per heavy atom. The van der Waals surface area contributed by atoms with Crippen LogP contribution in [-0.2, 0) is 23.5 Å². The Kier molecular flexibility index (Phi) is 8.69. The molecule has 1 aliphatic heterocycles. The van der Waals surface area contributed by atoms with Crippen molar-refractivity contribution in [2.75, 3.05) is 6.61 Å². The first-order valence-corrected chi connectivity index (χ1v) is 12.2. The molecule has 0 spiro atoms. The van der Waals surface area contributed by atoms with Gasteiger partial charge in [0.25, 0.3) is 0 Å². The molecule has 6 nitrogen and oxygen atoms in total. The Morgan fingerprint density at radius 3 is 2.58 bits per heavy atom. The SMILES string of the molecule is C=CCOC(=O)CC(=O)[C@H](C)[C@H]1NC(=O)[C@@H]1[C@@](C)(CCCC)O[SiH](C)C. The number of carbonyl (C=O) groups is 3. The van der Waals surface area contributed by atoms with Crippen LogP contribution in [0.25, 0.3) is 0 Å². The number of rotatable bonds is 12. The van der Waals surface area contributed by atoms with Gasteiger partial charge in [0.05, 0.1) is 17.6 Å². The molecule has 1 aliphatic rings. The molecule has 1 fully saturated rings. The molecule has 0 aromatic heterocycles. The number of carbonyl (C=O) groups excluding carboxylic acids is 3. The minimum Gasteiger partial charge on any atom is -0.461 e. The molecular formula is C19H33NO5Si. The molecule has 0 aliphatic carbocycles. The largest absolute Gasteiger partial charge is 0.461 e. The molecule has 0 aromatic rings. The lowest BCUT2D eigenvalue weighted by Gasteiger charge is -2.50. The van der Waals surface area contributed by atoms with Crippen molar-refractivity contribution in [2.45, 2.75) is 71.2 Å². The second-order valence-corrected chi connectivity index (χ2v) is 9.83. The highest BCUT2D eigenvalue weighted by atomic mass is 28.3. The van der Waals surface area contributed by atoms with Crippen LogP contribution >= 0.6 is 0 Å². The van der Waals surface area contributed by atoms with E-state index in [2.05, 4.69) is 31.9 Å². The summed E-state index contributed by atoms with van der Waals surface area (Å²) in [7, 11) is -1.37. The monoisotopic (exact) mass is 383 g/mol. The third kappa shape index (κ3) is 5.77. The third-order valence-electron chi connectivity index (χ3n) is 4.87. The molecule has 0 saturated carbocycles. The van der Waals surface area contributed by atoms with E-state index in [0.29, 0.717) is 0 Å². The lowest BCUT2D eigenvalue weighted by molar-refractivity contribution is -0.153. The number of ether oxygens (including phenoxy) is 1. The Hall–Kier alpha value is -1.47. The lowest BCUT2D eigenvalue weighted by Crippen LogP contribution is -2.70. The average Bonchev–Trinajstić information content (AvgIpc) is 2.54. The number of Topliss-reactive ketones (excluding diaryl/α,β-unsaturated/α-hetero) is 1. The lowest BCUT2D eigenvalue weighted by atomic mass is 9.69. The van der Waals surface area contributed by atoms with E-state index in [1.54, 1.807) is 6.92 Å². The summed E-state index contributed by atoms with van der Waals surface area (Å²) >= 11 is 0. The summed E-state index contributed by atoms with van der Waals surface area (Å²) in [6, 6.07) is -0.309. The van der Waals surface area contributed by atoms with Crippen LogP contribution in [0.2, 0.25) is 13.1 Å². The van der Waals surface area contributed by atoms with Gasteiger partial charge in [-0.2, -0.15) is 0 Å². The van der Waals surface area contributed by atoms with Gasteiger partial charge in [0.2, 0.25) is 5.91 Å². The molecule has 1 amide bonds. The van der Waals surface area contributed by atoms with E-state index in [4.69, 9.17) is 9.16 Å².